The molecule has 5 heteroatoms. The first-order chi connectivity index (χ1) is 5.92. The second-order valence-corrected chi connectivity index (χ2v) is 3.30. The van der Waals surface area contributed by atoms with Crippen molar-refractivity contribution < 1.29 is 18.0 Å². The van der Waals surface area contributed by atoms with Crippen molar-refractivity contribution in [2.24, 2.45) is 5.92 Å². The summed E-state index contributed by atoms with van der Waals surface area (Å²) in [7, 11) is 0. The van der Waals surface area contributed by atoms with Gasteiger partial charge in [0.1, 0.15) is 6.29 Å². The normalized spacial score (nSPS) is 33.4. The third-order valence-electron chi connectivity index (χ3n) is 1.83. The van der Waals surface area contributed by atoms with Gasteiger partial charge in [0.25, 0.3) is 0 Å². The summed E-state index contributed by atoms with van der Waals surface area (Å²) >= 11 is 5.32. The summed E-state index contributed by atoms with van der Waals surface area (Å²) < 4.78 is 37.2. The molecule has 0 aromatic rings. The van der Waals surface area contributed by atoms with E-state index in [4.69, 9.17) is 11.6 Å². The number of hydrogen-bond acceptors (Lipinski definition) is 1. The highest BCUT2D eigenvalue weighted by molar-refractivity contribution is 6.27. The van der Waals surface area contributed by atoms with Gasteiger partial charge >= 0.3 is 6.18 Å². The Labute approximate surface area is 77.9 Å². The Morgan fingerprint density at radius 1 is 1.38 bits per heavy atom. The fourth-order valence-electron chi connectivity index (χ4n) is 1.06. The fraction of sp³-hybridized carbons (Fsp3) is 0.375. The molecule has 0 spiro atoms. The van der Waals surface area contributed by atoms with Crippen LogP contribution in [-0.2, 0) is 4.79 Å². The highest BCUT2D eigenvalue weighted by Crippen LogP contribution is 2.44. The number of carbonyl (C=O) groups excluding carboxylic acids is 1. The molecule has 1 rings (SSSR count). The van der Waals surface area contributed by atoms with Crippen LogP contribution in [0.25, 0.3) is 0 Å². The van der Waals surface area contributed by atoms with Gasteiger partial charge in [0.05, 0.1) is 5.92 Å². The Bertz CT molecular complexity index is 269. The molecule has 0 saturated heterocycles. The molecule has 0 aromatic carbocycles. The predicted octanol–water partition coefficient (Wildman–Crippen LogP) is 2.47. The monoisotopic (exact) mass is 210 g/mol. The van der Waals surface area contributed by atoms with Crippen LogP contribution in [-0.4, -0.2) is 17.3 Å². The van der Waals surface area contributed by atoms with E-state index in [0.717, 1.165) is 12.2 Å². The van der Waals surface area contributed by atoms with Crippen LogP contribution in [0.2, 0.25) is 0 Å². The minimum absolute atomic E-state index is 0.195. The number of halogens is 4. The van der Waals surface area contributed by atoms with Crippen LogP contribution in [0.1, 0.15) is 0 Å². The van der Waals surface area contributed by atoms with E-state index in [0.29, 0.717) is 0 Å². The molecule has 1 aliphatic carbocycles. The largest absolute Gasteiger partial charge is 0.412 e. The maximum Gasteiger partial charge on any atom is 0.412 e. The number of alkyl halides is 4. The lowest BCUT2D eigenvalue weighted by molar-refractivity contribution is -0.160. The average Bonchev–Trinajstić information content (AvgIpc) is 2.03. The second kappa shape index (κ2) is 3.18. The lowest BCUT2D eigenvalue weighted by Gasteiger charge is -2.31. The summed E-state index contributed by atoms with van der Waals surface area (Å²) in [5.41, 5.74) is 0. The molecule has 72 valence electrons. The van der Waals surface area contributed by atoms with Gasteiger partial charge in [-0.2, -0.15) is 13.2 Å². The van der Waals surface area contributed by atoms with Crippen LogP contribution in [0.3, 0.4) is 0 Å². The van der Waals surface area contributed by atoms with E-state index in [1.807, 2.05) is 0 Å². The molecule has 0 amide bonds. The van der Waals surface area contributed by atoms with E-state index in [1.54, 1.807) is 0 Å². The van der Waals surface area contributed by atoms with E-state index in [9.17, 15) is 18.0 Å². The SMILES string of the molecule is O=CC1C=CC=CC1(Cl)C(F)(F)F. The molecule has 1 aliphatic rings. The van der Waals surface area contributed by atoms with Gasteiger partial charge in [-0.1, -0.05) is 24.3 Å². The highest BCUT2D eigenvalue weighted by atomic mass is 35.5. The summed E-state index contributed by atoms with van der Waals surface area (Å²) in [6.07, 6.45) is 0.0366. The molecule has 13 heavy (non-hydrogen) atoms. The zero-order chi connectivity index (χ0) is 10.1. The minimum Gasteiger partial charge on any atom is -0.303 e. The zero-order valence-corrected chi connectivity index (χ0v) is 7.14. The maximum absolute atomic E-state index is 12.4. The Morgan fingerprint density at radius 2 is 2.00 bits per heavy atom. The number of aldehydes is 1. The first-order valence-corrected chi connectivity index (χ1v) is 3.86. The van der Waals surface area contributed by atoms with Crippen molar-refractivity contribution in [3.8, 4) is 0 Å². The zero-order valence-electron chi connectivity index (χ0n) is 6.38. The minimum atomic E-state index is -4.62. The third kappa shape index (κ3) is 1.63. The van der Waals surface area contributed by atoms with Crippen molar-refractivity contribution in [2.45, 2.75) is 11.1 Å². The molecule has 0 bridgehead atoms. The molecule has 0 heterocycles. The van der Waals surface area contributed by atoms with Gasteiger partial charge in [0.15, 0.2) is 4.87 Å². The van der Waals surface area contributed by atoms with Gasteiger partial charge in [-0.05, 0) is 0 Å². The van der Waals surface area contributed by atoms with Crippen molar-refractivity contribution >= 4 is 17.9 Å². The van der Waals surface area contributed by atoms with Crippen LogP contribution in [0, 0.1) is 5.92 Å². The van der Waals surface area contributed by atoms with Crippen LogP contribution >= 0.6 is 11.6 Å². The fourth-order valence-corrected chi connectivity index (χ4v) is 1.26. The molecule has 2 atom stereocenters. The van der Waals surface area contributed by atoms with E-state index in [2.05, 4.69) is 0 Å². The molecule has 1 nitrogen and oxygen atoms in total. The topological polar surface area (TPSA) is 17.1 Å². The van der Waals surface area contributed by atoms with E-state index in [1.165, 1.54) is 12.2 Å². The Kier molecular flexibility index (Phi) is 2.52. The molecular formula is C8H6ClF3O. The molecular weight excluding hydrogens is 205 g/mol. The average molecular weight is 211 g/mol. The summed E-state index contributed by atoms with van der Waals surface area (Å²) in [5.74, 6) is -1.35. The number of carbonyl (C=O) groups is 1. The van der Waals surface area contributed by atoms with E-state index < -0.39 is 17.0 Å². The molecule has 0 aromatic heterocycles. The Morgan fingerprint density at radius 3 is 2.38 bits per heavy atom. The van der Waals surface area contributed by atoms with E-state index in [-0.39, 0.29) is 6.29 Å². The Balaban J connectivity index is 3.07. The molecule has 0 aliphatic heterocycles. The van der Waals surface area contributed by atoms with Gasteiger partial charge in [0, 0.05) is 0 Å². The van der Waals surface area contributed by atoms with Gasteiger partial charge in [0.2, 0.25) is 0 Å². The molecule has 0 saturated carbocycles. The molecule has 0 N–H and O–H groups in total. The second-order valence-electron chi connectivity index (χ2n) is 2.67. The van der Waals surface area contributed by atoms with Gasteiger partial charge in [-0.3, -0.25) is 0 Å². The predicted molar refractivity (Wildman–Crippen MR) is 42.5 cm³/mol. The molecule has 0 fully saturated rings. The summed E-state index contributed by atoms with van der Waals surface area (Å²) in [6.45, 7) is 0. The van der Waals surface area contributed by atoms with Gasteiger partial charge in [-0.15, -0.1) is 11.6 Å². The molecule has 2 unspecified atom stereocenters. The number of rotatable bonds is 1. The van der Waals surface area contributed by atoms with Crippen LogP contribution in [0.4, 0.5) is 13.2 Å². The van der Waals surface area contributed by atoms with Gasteiger partial charge in [-0.25, -0.2) is 0 Å². The number of hydrogen-bond donors (Lipinski definition) is 0. The van der Waals surface area contributed by atoms with Crippen LogP contribution in [0.5, 0.6) is 0 Å². The van der Waals surface area contributed by atoms with Crippen molar-refractivity contribution in [3.63, 3.8) is 0 Å². The maximum atomic E-state index is 12.4. The highest BCUT2D eigenvalue weighted by Gasteiger charge is 2.56. The molecule has 0 radical (unpaired) electrons. The van der Waals surface area contributed by atoms with Crippen molar-refractivity contribution in [3.05, 3.63) is 24.3 Å². The van der Waals surface area contributed by atoms with Crippen LogP contribution < -0.4 is 0 Å². The smallest absolute Gasteiger partial charge is 0.303 e. The van der Waals surface area contributed by atoms with Crippen molar-refractivity contribution in [1.29, 1.82) is 0 Å². The van der Waals surface area contributed by atoms with Crippen LogP contribution in [0.15, 0.2) is 24.3 Å². The van der Waals surface area contributed by atoms with E-state index >= 15 is 0 Å². The van der Waals surface area contributed by atoms with Crippen molar-refractivity contribution in [2.75, 3.05) is 0 Å². The summed E-state index contributed by atoms with van der Waals surface area (Å²) in [4.78, 5) is 7.77. The Hall–Kier alpha value is -0.770. The summed E-state index contributed by atoms with van der Waals surface area (Å²) in [5, 5.41) is 0. The quantitative estimate of drug-likeness (QED) is 0.480. The lowest BCUT2D eigenvalue weighted by Crippen LogP contribution is -2.45. The van der Waals surface area contributed by atoms with Crippen molar-refractivity contribution in [1.82, 2.24) is 0 Å². The summed E-state index contributed by atoms with van der Waals surface area (Å²) in [6, 6.07) is 0. The number of allylic oxidation sites excluding steroid dienone is 4. The van der Waals surface area contributed by atoms with Gasteiger partial charge < -0.3 is 4.79 Å². The first kappa shape index (κ1) is 10.3. The lowest BCUT2D eigenvalue weighted by atomic mass is 9.88. The first-order valence-electron chi connectivity index (χ1n) is 3.49. The standard InChI is InChI=1S/C8H6ClF3O/c9-7(8(10,11)12)4-2-1-3-6(7)5-13/h1-6H. The third-order valence-corrected chi connectivity index (χ3v) is 2.43.